The highest BCUT2D eigenvalue weighted by molar-refractivity contribution is 6.33. The number of carbonyl (C=O) groups is 1. The maximum absolute atomic E-state index is 11.1. The topological polar surface area (TPSA) is 49.7 Å². The molecule has 72 valence electrons. The first-order valence-corrected chi connectivity index (χ1v) is 4.14. The lowest BCUT2D eigenvalue weighted by molar-refractivity contribution is 0.255. The molecule has 0 aliphatic heterocycles. The molecule has 1 aromatic carbocycles. The average molecular weight is 211 g/mol. The number of hydrogen-bond donors (Lipinski definition) is 0. The predicted molar refractivity (Wildman–Crippen MR) is 53.4 cm³/mol. The third-order valence-electron chi connectivity index (χ3n) is 1.64. The largest absolute Gasteiger partial charge is 0.358 e. The molecule has 1 rings (SSSR count). The summed E-state index contributed by atoms with van der Waals surface area (Å²) in [5.74, 6) is 0. The fourth-order valence-electron chi connectivity index (χ4n) is 0.941. The molecule has 0 aromatic heterocycles. The van der Waals surface area contributed by atoms with Crippen molar-refractivity contribution in [2.24, 2.45) is 4.99 Å². The zero-order valence-corrected chi connectivity index (χ0v) is 8.15. The van der Waals surface area contributed by atoms with Gasteiger partial charge in [-0.05, 0) is 12.1 Å². The lowest BCUT2D eigenvalue weighted by Gasteiger charge is -2.14. The second-order valence-electron chi connectivity index (χ2n) is 2.50. The first-order chi connectivity index (χ1) is 6.66. The van der Waals surface area contributed by atoms with E-state index in [1.807, 2.05) is 0 Å². The Kier molecular flexibility index (Phi) is 3.40. The summed E-state index contributed by atoms with van der Waals surface area (Å²) in [6, 6.07) is 6.07. The number of amides is 2. The van der Waals surface area contributed by atoms with Crippen LogP contribution in [0.15, 0.2) is 29.3 Å². The molecular formula is C9H7ClN2O2. The van der Waals surface area contributed by atoms with Crippen LogP contribution in [0.1, 0.15) is 0 Å². The van der Waals surface area contributed by atoms with Crippen LogP contribution in [0.5, 0.6) is 0 Å². The van der Waals surface area contributed by atoms with Gasteiger partial charge in [0.25, 0.3) is 0 Å². The summed E-state index contributed by atoms with van der Waals surface area (Å²) in [6.45, 7) is 0. The second-order valence-corrected chi connectivity index (χ2v) is 2.90. The number of nitrogens with zero attached hydrogens (tertiary/aromatic N) is 2. The number of anilines is 1. The fraction of sp³-hybridized carbons (Fsp3) is 0.111. The molecule has 0 aliphatic rings. The van der Waals surface area contributed by atoms with Crippen molar-refractivity contribution in [3.8, 4) is 0 Å². The Hall–Kier alpha value is -1.64. The van der Waals surface area contributed by atoms with Crippen molar-refractivity contribution < 1.29 is 9.59 Å². The third-order valence-corrected chi connectivity index (χ3v) is 1.96. The van der Waals surface area contributed by atoms with E-state index in [-0.39, 0.29) is 0 Å². The molecule has 0 atom stereocenters. The lowest BCUT2D eigenvalue weighted by atomic mass is 10.3. The predicted octanol–water partition coefficient (Wildman–Crippen LogP) is 2.23. The number of hydrogen-bond acceptors (Lipinski definition) is 2. The maximum Gasteiger partial charge on any atom is 0.358 e. The van der Waals surface area contributed by atoms with Gasteiger partial charge in [0, 0.05) is 7.05 Å². The Morgan fingerprint density at radius 1 is 1.50 bits per heavy atom. The molecule has 14 heavy (non-hydrogen) atoms. The molecule has 0 heterocycles. The van der Waals surface area contributed by atoms with E-state index >= 15 is 0 Å². The minimum Gasteiger partial charge on any atom is -0.294 e. The van der Waals surface area contributed by atoms with Gasteiger partial charge in [-0.2, -0.15) is 0 Å². The van der Waals surface area contributed by atoms with Gasteiger partial charge in [-0.15, -0.1) is 4.99 Å². The van der Waals surface area contributed by atoms with Crippen LogP contribution in [0, 0.1) is 0 Å². The highest BCUT2D eigenvalue weighted by Crippen LogP contribution is 2.24. The van der Waals surface area contributed by atoms with Crippen LogP contribution < -0.4 is 4.90 Å². The van der Waals surface area contributed by atoms with Crippen molar-refractivity contribution in [3.05, 3.63) is 29.3 Å². The minimum atomic E-state index is -0.701. The highest BCUT2D eigenvalue weighted by Gasteiger charge is 2.11. The molecule has 2 amide bonds. The Balaban J connectivity index is 3.00. The number of halogens is 1. The highest BCUT2D eigenvalue weighted by atomic mass is 35.5. The van der Waals surface area contributed by atoms with E-state index in [4.69, 9.17) is 11.6 Å². The molecule has 0 saturated heterocycles. The number of urea groups is 1. The Morgan fingerprint density at radius 3 is 2.71 bits per heavy atom. The van der Waals surface area contributed by atoms with E-state index in [0.29, 0.717) is 10.7 Å². The second kappa shape index (κ2) is 4.56. The summed E-state index contributed by atoms with van der Waals surface area (Å²) in [5, 5.41) is 0.421. The van der Waals surface area contributed by atoms with Crippen molar-refractivity contribution >= 4 is 29.4 Å². The third kappa shape index (κ3) is 2.19. The normalized spacial score (nSPS) is 9.00. The van der Waals surface area contributed by atoms with Crippen LogP contribution in [0.25, 0.3) is 0 Å². The maximum atomic E-state index is 11.1. The van der Waals surface area contributed by atoms with Crippen LogP contribution in [-0.2, 0) is 4.79 Å². The van der Waals surface area contributed by atoms with Crippen molar-refractivity contribution in [1.82, 2.24) is 0 Å². The van der Waals surface area contributed by atoms with Gasteiger partial charge in [-0.25, -0.2) is 9.59 Å². The molecule has 0 bridgehead atoms. The van der Waals surface area contributed by atoms with E-state index in [1.165, 1.54) is 18.0 Å². The quantitative estimate of drug-likeness (QED) is 0.527. The van der Waals surface area contributed by atoms with Gasteiger partial charge in [0.2, 0.25) is 6.08 Å². The van der Waals surface area contributed by atoms with Gasteiger partial charge in [0.05, 0.1) is 10.7 Å². The SMILES string of the molecule is CN(C(=O)N=C=O)c1ccccc1Cl. The molecule has 0 N–H and O–H groups in total. The lowest BCUT2D eigenvalue weighted by Crippen LogP contribution is -2.22. The smallest absolute Gasteiger partial charge is 0.294 e. The molecule has 0 aliphatic carbocycles. The molecule has 0 radical (unpaired) electrons. The summed E-state index contributed by atoms with van der Waals surface area (Å²) in [6.07, 6.45) is 1.18. The van der Waals surface area contributed by atoms with Crippen molar-refractivity contribution in [2.45, 2.75) is 0 Å². The summed E-state index contributed by atoms with van der Waals surface area (Å²) in [4.78, 5) is 25.1. The Bertz CT molecular complexity index is 400. The van der Waals surface area contributed by atoms with Crippen LogP contribution in [0.2, 0.25) is 5.02 Å². The summed E-state index contributed by atoms with van der Waals surface area (Å²) < 4.78 is 0. The van der Waals surface area contributed by atoms with Crippen molar-refractivity contribution in [2.75, 3.05) is 11.9 Å². The number of para-hydroxylation sites is 1. The number of isocyanates is 1. The van der Waals surface area contributed by atoms with Crippen molar-refractivity contribution in [1.29, 1.82) is 0 Å². The zero-order chi connectivity index (χ0) is 10.6. The first kappa shape index (κ1) is 10.4. The molecule has 0 spiro atoms. The minimum absolute atomic E-state index is 0.421. The molecular weight excluding hydrogens is 204 g/mol. The monoisotopic (exact) mass is 210 g/mol. The molecule has 0 unspecified atom stereocenters. The van der Waals surface area contributed by atoms with Gasteiger partial charge < -0.3 is 0 Å². The van der Waals surface area contributed by atoms with Crippen molar-refractivity contribution in [3.63, 3.8) is 0 Å². The van der Waals surface area contributed by atoms with Gasteiger partial charge in [0.1, 0.15) is 0 Å². The fourth-order valence-corrected chi connectivity index (χ4v) is 1.20. The van der Waals surface area contributed by atoms with Gasteiger partial charge in [0.15, 0.2) is 0 Å². The summed E-state index contributed by atoms with van der Waals surface area (Å²) in [7, 11) is 1.48. The first-order valence-electron chi connectivity index (χ1n) is 3.77. The number of carbonyl (C=O) groups excluding carboxylic acids is 2. The Morgan fingerprint density at radius 2 is 2.14 bits per heavy atom. The van der Waals surface area contributed by atoms with E-state index in [1.54, 1.807) is 24.3 Å². The van der Waals surface area contributed by atoms with Crippen LogP contribution >= 0.6 is 11.6 Å². The van der Waals surface area contributed by atoms with Gasteiger partial charge in [-0.3, -0.25) is 4.90 Å². The van der Waals surface area contributed by atoms with E-state index in [0.717, 1.165) is 0 Å². The molecule has 4 nitrogen and oxygen atoms in total. The van der Waals surface area contributed by atoms with Crippen LogP contribution in [0.4, 0.5) is 10.5 Å². The molecule has 1 aromatic rings. The standard InChI is InChI=1S/C9H7ClN2O2/c1-12(9(14)11-6-13)8-5-3-2-4-7(8)10/h2-5H,1H3. The van der Waals surface area contributed by atoms with Crippen LogP contribution in [-0.4, -0.2) is 19.2 Å². The molecule has 0 saturated carbocycles. The van der Waals surface area contributed by atoms with Gasteiger partial charge >= 0.3 is 6.03 Å². The Labute approximate surface area is 85.8 Å². The number of aliphatic imine (C=N–C) groups is 1. The number of rotatable bonds is 1. The summed E-state index contributed by atoms with van der Waals surface area (Å²) in [5.41, 5.74) is 0.498. The van der Waals surface area contributed by atoms with Gasteiger partial charge in [-0.1, -0.05) is 23.7 Å². The molecule has 0 fully saturated rings. The zero-order valence-electron chi connectivity index (χ0n) is 7.40. The van der Waals surface area contributed by atoms with E-state index < -0.39 is 6.03 Å². The average Bonchev–Trinajstić information content (AvgIpc) is 2.18. The van der Waals surface area contributed by atoms with E-state index in [2.05, 4.69) is 4.99 Å². The summed E-state index contributed by atoms with van der Waals surface area (Å²) >= 11 is 5.83. The molecule has 5 heteroatoms. The number of benzene rings is 1. The van der Waals surface area contributed by atoms with E-state index in [9.17, 15) is 9.59 Å². The van der Waals surface area contributed by atoms with Crippen LogP contribution in [0.3, 0.4) is 0 Å².